The van der Waals surface area contributed by atoms with Crippen LogP contribution in [-0.2, 0) is 0 Å². The maximum absolute atomic E-state index is 13.8. The van der Waals surface area contributed by atoms with Crippen LogP contribution < -0.4 is 14.8 Å². The second-order valence-electron chi connectivity index (χ2n) is 8.62. The van der Waals surface area contributed by atoms with Gasteiger partial charge in [0.2, 0.25) is 0 Å². The first kappa shape index (κ1) is 36.3. The van der Waals surface area contributed by atoms with E-state index in [4.69, 9.17) is 0 Å². The van der Waals surface area contributed by atoms with Crippen LogP contribution in [0.1, 0.15) is 27.2 Å². The minimum atomic E-state index is -6.98. The van der Waals surface area contributed by atoms with Crippen molar-refractivity contribution in [3.05, 3.63) is 103 Å². The average Bonchev–Trinajstić information content (AvgIpc) is 2.99. The summed E-state index contributed by atoms with van der Waals surface area (Å²) in [5.74, 6) is -14.2. The number of allylic oxidation sites excluding steroid dienone is 4. The van der Waals surface area contributed by atoms with E-state index in [1.807, 2.05) is 81.5 Å². The minimum absolute atomic E-state index is 0.416. The van der Waals surface area contributed by atoms with Crippen LogP contribution in [-0.4, -0.2) is 29.4 Å². The molecule has 0 saturated carbocycles. The number of rotatable bonds is 12. The van der Waals surface area contributed by atoms with Crippen LogP contribution >= 0.6 is 20.0 Å². The van der Waals surface area contributed by atoms with Gasteiger partial charge in [-0.1, -0.05) is 112 Å². The third-order valence-electron chi connectivity index (χ3n) is 5.68. The van der Waals surface area contributed by atoms with Gasteiger partial charge in [-0.15, -0.1) is 0 Å². The number of hydrogen-bond donors (Lipinski definition) is 0. The lowest BCUT2D eigenvalue weighted by Gasteiger charge is -2.32. The molecule has 234 valence electrons. The summed E-state index contributed by atoms with van der Waals surface area (Å²) in [5, 5.41) is -3.70. The van der Waals surface area contributed by atoms with Crippen LogP contribution in [0.2, 0.25) is 0 Å². The molecule has 0 aliphatic rings. The highest BCUT2D eigenvalue weighted by Gasteiger charge is 2.82. The molecule has 0 N–H and O–H groups in total. The molecule has 0 aromatic heterocycles. The Kier molecular flexibility index (Phi) is 13.3. The molecule has 1 atom stereocenters. The summed E-state index contributed by atoms with van der Waals surface area (Å²) in [6, 6.07) is 22.4. The molecule has 0 fully saturated rings. The Morgan fingerprint density at radius 1 is 0.674 bits per heavy atom. The van der Waals surface area contributed by atoms with Crippen molar-refractivity contribution in [2.24, 2.45) is 0 Å². The first-order valence-corrected chi connectivity index (χ1v) is 15.4. The fraction of sp³-hybridized carbons (Fsp3) is 0.290. The summed E-state index contributed by atoms with van der Waals surface area (Å²) in [6.45, 7) is 6.04. The zero-order valence-electron chi connectivity index (χ0n) is 23.4. The number of benzene rings is 3. The van der Waals surface area contributed by atoms with E-state index in [0.29, 0.717) is 11.1 Å². The van der Waals surface area contributed by atoms with Crippen molar-refractivity contribution in [1.29, 1.82) is 0 Å². The molecule has 0 saturated heterocycles. The predicted molar refractivity (Wildman–Crippen MR) is 158 cm³/mol. The topological polar surface area (TPSA) is 9.23 Å². The lowest BCUT2D eigenvalue weighted by Crippen LogP contribution is -2.59. The van der Waals surface area contributed by atoms with Crippen LogP contribution in [0.5, 0.6) is 5.75 Å². The Morgan fingerprint density at radius 3 is 1.84 bits per heavy atom. The Bertz CT molecular complexity index is 1330. The molecule has 0 aliphatic heterocycles. The monoisotopic (exact) mass is 652 g/mol. The lowest BCUT2D eigenvalue weighted by molar-refractivity contribution is -0.381. The molecule has 0 radical (unpaired) electrons. The normalized spacial score (nSPS) is 13.6. The van der Waals surface area contributed by atoms with Gasteiger partial charge >= 0.3 is 23.3 Å². The van der Waals surface area contributed by atoms with Gasteiger partial charge < -0.3 is 4.18 Å². The van der Waals surface area contributed by atoms with Crippen LogP contribution in [0.15, 0.2) is 103 Å². The van der Waals surface area contributed by atoms with Gasteiger partial charge in [-0.25, -0.2) is 0 Å². The second kappa shape index (κ2) is 15.7. The van der Waals surface area contributed by atoms with Crippen molar-refractivity contribution < 1.29 is 43.7 Å². The number of hydrogen-bond acceptors (Lipinski definition) is 2. The molecule has 3 aromatic carbocycles. The van der Waals surface area contributed by atoms with Gasteiger partial charge in [0.25, 0.3) is 0 Å². The standard InChI is InChI=1S/C29H24F9OPS.C2H6/c1-2-3-4-5-9-19-40(24-13-7-6-8-14-24)25-17-15-21(16-18-25)22-11-10-12-23(20-22)39-41-29(37,38)27(32,33)26(30,31)28(34,35)36;1-2/h3-18,20H,2,19H2,1H3;1-2H3/b4-3-,9-5-;. The molecule has 12 heteroatoms. The molecule has 0 bridgehead atoms. The Labute approximate surface area is 250 Å². The summed E-state index contributed by atoms with van der Waals surface area (Å²) in [4.78, 5) is 0. The summed E-state index contributed by atoms with van der Waals surface area (Å²) in [7, 11) is -0.752. The number of alkyl halides is 9. The quantitative estimate of drug-likeness (QED) is 0.0834. The zero-order chi connectivity index (χ0) is 32.3. The van der Waals surface area contributed by atoms with Crippen LogP contribution in [0.3, 0.4) is 0 Å². The first-order chi connectivity index (χ1) is 20.2. The Balaban J connectivity index is 0.00000316. The molecule has 0 spiro atoms. The molecule has 0 aliphatic carbocycles. The molecular formula is C31H30F9OPS. The summed E-state index contributed by atoms with van der Waals surface area (Å²) in [6.07, 6.45) is 2.90. The fourth-order valence-corrected chi connectivity index (χ4v) is 6.13. The van der Waals surface area contributed by atoms with Crippen molar-refractivity contribution in [3.63, 3.8) is 0 Å². The van der Waals surface area contributed by atoms with Crippen LogP contribution in [0.25, 0.3) is 11.1 Å². The fourth-order valence-electron chi connectivity index (χ4n) is 3.50. The van der Waals surface area contributed by atoms with E-state index >= 15 is 0 Å². The molecule has 43 heavy (non-hydrogen) atoms. The zero-order valence-corrected chi connectivity index (χ0v) is 25.1. The van der Waals surface area contributed by atoms with Crippen molar-refractivity contribution in [2.75, 3.05) is 6.16 Å². The van der Waals surface area contributed by atoms with Crippen LogP contribution in [0.4, 0.5) is 39.5 Å². The Hall–Kier alpha value is -2.91. The van der Waals surface area contributed by atoms with Crippen molar-refractivity contribution in [2.45, 2.75) is 50.5 Å². The van der Waals surface area contributed by atoms with Gasteiger partial charge in [0.15, 0.2) is 0 Å². The summed E-state index contributed by atoms with van der Waals surface area (Å²) < 4.78 is 122. The van der Waals surface area contributed by atoms with E-state index in [2.05, 4.69) is 10.3 Å². The van der Waals surface area contributed by atoms with Crippen molar-refractivity contribution >= 4 is 30.6 Å². The van der Waals surface area contributed by atoms with Crippen molar-refractivity contribution in [1.82, 2.24) is 0 Å². The third kappa shape index (κ3) is 9.05. The van der Waals surface area contributed by atoms with Gasteiger partial charge in [0.1, 0.15) is 17.8 Å². The number of halogens is 9. The second-order valence-corrected chi connectivity index (χ2v) is 11.7. The highest BCUT2D eigenvalue weighted by molar-refractivity contribution is 7.96. The van der Waals surface area contributed by atoms with E-state index in [9.17, 15) is 39.5 Å². The summed E-state index contributed by atoms with van der Waals surface area (Å²) >= 11 is -1.47. The first-order valence-electron chi connectivity index (χ1n) is 13.1. The van der Waals surface area contributed by atoms with E-state index < -0.39 is 49.0 Å². The average molecular weight is 653 g/mol. The largest absolute Gasteiger partial charge is 0.460 e. The molecule has 0 heterocycles. The van der Waals surface area contributed by atoms with E-state index in [0.717, 1.165) is 29.3 Å². The molecule has 1 nitrogen and oxygen atoms in total. The predicted octanol–water partition coefficient (Wildman–Crippen LogP) is 10.8. The third-order valence-corrected chi connectivity index (χ3v) is 8.84. The molecule has 3 aromatic rings. The van der Waals surface area contributed by atoms with Gasteiger partial charge in [-0.3, -0.25) is 0 Å². The lowest BCUT2D eigenvalue weighted by atomic mass is 10.1. The highest BCUT2D eigenvalue weighted by Crippen LogP contribution is 2.56. The summed E-state index contributed by atoms with van der Waals surface area (Å²) in [5.41, 5.74) is 1.02. The maximum Gasteiger partial charge on any atom is 0.460 e. The van der Waals surface area contributed by atoms with E-state index in [1.54, 1.807) is 18.2 Å². The van der Waals surface area contributed by atoms with Gasteiger partial charge in [0.05, 0.1) is 0 Å². The molecule has 3 rings (SSSR count). The smallest absolute Gasteiger partial charge is 0.419 e. The van der Waals surface area contributed by atoms with Crippen molar-refractivity contribution in [3.8, 4) is 16.9 Å². The van der Waals surface area contributed by atoms with Gasteiger partial charge in [-0.05, 0) is 54.4 Å². The van der Waals surface area contributed by atoms with Gasteiger partial charge in [-0.2, -0.15) is 39.5 Å². The van der Waals surface area contributed by atoms with E-state index in [-0.39, 0.29) is 0 Å². The van der Waals surface area contributed by atoms with E-state index in [1.165, 1.54) is 12.1 Å². The molecule has 0 amide bonds. The van der Waals surface area contributed by atoms with Gasteiger partial charge in [0, 0.05) is 0 Å². The SMILES string of the molecule is CC.CC/C=C\C=C/CP(c1ccccc1)c1ccc(-c2cccc(OSC(F)(F)C(F)(F)C(F)(F)C(F)(F)F)c2)cc1. The molecule has 1 unspecified atom stereocenters. The Morgan fingerprint density at radius 2 is 1.26 bits per heavy atom. The molecular weight excluding hydrogens is 622 g/mol. The maximum atomic E-state index is 13.8. The minimum Gasteiger partial charge on any atom is -0.419 e. The van der Waals surface area contributed by atoms with Crippen LogP contribution in [0, 0.1) is 0 Å². The highest BCUT2D eigenvalue weighted by atomic mass is 32.2.